The molecule has 0 radical (unpaired) electrons. The average Bonchev–Trinajstić information content (AvgIpc) is 1.86. The van der Waals surface area contributed by atoms with Crippen molar-refractivity contribution in [2.75, 3.05) is 13.1 Å². The molecule has 0 heterocycles. The minimum Gasteiger partial charge on any atom is -0.481 e. The molecular formula is C8H15NO2. The fraction of sp³-hybridized carbons (Fsp3) is 0.625. The second kappa shape index (κ2) is 4.91. The number of aliphatic carboxylic acids is 1. The van der Waals surface area contributed by atoms with Gasteiger partial charge in [0, 0.05) is 13.1 Å². The summed E-state index contributed by atoms with van der Waals surface area (Å²) in [4.78, 5) is 10.3. The van der Waals surface area contributed by atoms with E-state index in [0.717, 1.165) is 5.57 Å². The number of hydrogen-bond donors (Lipinski definition) is 2. The maximum Gasteiger partial charge on any atom is 0.307 e. The van der Waals surface area contributed by atoms with Gasteiger partial charge in [0.15, 0.2) is 0 Å². The van der Waals surface area contributed by atoms with E-state index < -0.39 is 5.97 Å². The quantitative estimate of drug-likeness (QED) is 0.582. The lowest BCUT2D eigenvalue weighted by molar-refractivity contribution is -0.140. The Hall–Kier alpha value is -0.830. The Morgan fingerprint density at radius 2 is 2.27 bits per heavy atom. The highest BCUT2D eigenvalue weighted by Crippen LogP contribution is 1.91. The molecule has 11 heavy (non-hydrogen) atoms. The van der Waals surface area contributed by atoms with Crippen molar-refractivity contribution >= 4 is 5.97 Å². The van der Waals surface area contributed by atoms with Crippen LogP contribution in [-0.4, -0.2) is 24.2 Å². The highest BCUT2D eigenvalue weighted by Gasteiger charge is 2.08. The van der Waals surface area contributed by atoms with Crippen molar-refractivity contribution in [3.8, 4) is 0 Å². The monoisotopic (exact) mass is 157 g/mol. The zero-order valence-electron chi connectivity index (χ0n) is 7.05. The van der Waals surface area contributed by atoms with Crippen molar-refractivity contribution in [2.24, 2.45) is 5.92 Å². The van der Waals surface area contributed by atoms with Crippen LogP contribution in [0.2, 0.25) is 0 Å². The first kappa shape index (κ1) is 10.2. The van der Waals surface area contributed by atoms with E-state index in [2.05, 4.69) is 11.9 Å². The van der Waals surface area contributed by atoms with Gasteiger partial charge in [-0.05, 0) is 6.92 Å². The van der Waals surface area contributed by atoms with Gasteiger partial charge in [-0.15, -0.1) is 0 Å². The van der Waals surface area contributed by atoms with Crippen molar-refractivity contribution < 1.29 is 9.90 Å². The Balaban J connectivity index is 3.39. The van der Waals surface area contributed by atoms with Crippen LogP contribution in [0, 0.1) is 5.92 Å². The Labute approximate surface area is 67.1 Å². The fourth-order valence-corrected chi connectivity index (χ4v) is 0.589. The second-order valence-corrected chi connectivity index (χ2v) is 2.83. The van der Waals surface area contributed by atoms with Gasteiger partial charge < -0.3 is 10.4 Å². The van der Waals surface area contributed by atoms with E-state index in [4.69, 9.17) is 5.11 Å². The maximum atomic E-state index is 10.3. The summed E-state index contributed by atoms with van der Waals surface area (Å²) in [6.45, 7) is 8.46. The number of carboxylic acids is 1. The van der Waals surface area contributed by atoms with Gasteiger partial charge in [-0.3, -0.25) is 4.79 Å². The van der Waals surface area contributed by atoms with E-state index in [1.165, 1.54) is 0 Å². The van der Waals surface area contributed by atoms with Crippen LogP contribution in [-0.2, 0) is 4.79 Å². The first-order valence-electron chi connectivity index (χ1n) is 3.62. The molecule has 64 valence electrons. The van der Waals surface area contributed by atoms with Gasteiger partial charge in [0.2, 0.25) is 0 Å². The summed E-state index contributed by atoms with van der Waals surface area (Å²) in [6.07, 6.45) is 0. The van der Waals surface area contributed by atoms with Gasteiger partial charge in [-0.2, -0.15) is 0 Å². The van der Waals surface area contributed by atoms with Crippen molar-refractivity contribution in [3.05, 3.63) is 12.2 Å². The first-order chi connectivity index (χ1) is 5.04. The summed E-state index contributed by atoms with van der Waals surface area (Å²) in [5.41, 5.74) is 1.02. The Morgan fingerprint density at radius 3 is 2.64 bits per heavy atom. The largest absolute Gasteiger partial charge is 0.481 e. The smallest absolute Gasteiger partial charge is 0.307 e. The molecule has 0 amide bonds. The van der Waals surface area contributed by atoms with Crippen LogP contribution in [0.4, 0.5) is 0 Å². The van der Waals surface area contributed by atoms with E-state index in [-0.39, 0.29) is 5.92 Å². The molecule has 0 aromatic rings. The Bertz CT molecular complexity index is 154. The normalized spacial score (nSPS) is 12.5. The van der Waals surface area contributed by atoms with Gasteiger partial charge >= 0.3 is 5.97 Å². The predicted molar refractivity (Wildman–Crippen MR) is 44.5 cm³/mol. The van der Waals surface area contributed by atoms with E-state index >= 15 is 0 Å². The number of carboxylic acid groups (broad SMARTS) is 1. The summed E-state index contributed by atoms with van der Waals surface area (Å²) in [5.74, 6) is -1.09. The lowest BCUT2D eigenvalue weighted by Gasteiger charge is -2.06. The van der Waals surface area contributed by atoms with Crippen molar-refractivity contribution in [1.82, 2.24) is 5.32 Å². The molecular weight excluding hydrogens is 142 g/mol. The van der Waals surface area contributed by atoms with Crippen LogP contribution in [0.25, 0.3) is 0 Å². The first-order valence-corrected chi connectivity index (χ1v) is 3.62. The van der Waals surface area contributed by atoms with Crippen LogP contribution in [0.5, 0.6) is 0 Å². The maximum absolute atomic E-state index is 10.3. The molecule has 2 N–H and O–H groups in total. The van der Waals surface area contributed by atoms with Gasteiger partial charge in [0.25, 0.3) is 0 Å². The minimum atomic E-state index is -0.765. The third kappa shape index (κ3) is 5.61. The van der Waals surface area contributed by atoms with Crippen molar-refractivity contribution in [1.29, 1.82) is 0 Å². The molecule has 3 heteroatoms. The molecule has 1 atom stereocenters. The predicted octanol–water partition coefficient (Wildman–Crippen LogP) is 0.873. The summed E-state index contributed by atoms with van der Waals surface area (Å²) in [7, 11) is 0. The molecule has 0 aliphatic rings. The number of hydrogen-bond acceptors (Lipinski definition) is 2. The third-order valence-corrected chi connectivity index (χ3v) is 1.30. The zero-order chi connectivity index (χ0) is 8.85. The molecule has 0 fully saturated rings. The topological polar surface area (TPSA) is 49.3 Å². The average molecular weight is 157 g/mol. The van der Waals surface area contributed by atoms with E-state index in [1.54, 1.807) is 6.92 Å². The third-order valence-electron chi connectivity index (χ3n) is 1.30. The summed E-state index contributed by atoms with van der Waals surface area (Å²) >= 11 is 0. The molecule has 0 unspecified atom stereocenters. The van der Waals surface area contributed by atoms with Gasteiger partial charge in [0.1, 0.15) is 0 Å². The van der Waals surface area contributed by atoms with Crippen LogP contribution in [0.3, 0.4) is 0 Å². The summed E-state index contributed by atoms with van der Waals surface area (Å²) in [5, 5.41) is 11.5. The molecule has 0 aromatic heterocycles. The summed E-state index contributed by atoms with van der Waals surface area (Å²) < 4.78 is 0. The molecule has 0 spiro atoms. The van der Waals surface area contributed by atoms with Crippen LogP contribution in [0.15, 0.2) is 12.2 Å². The summed E-state index contributed by atoms with van der Waals surface area (Å²) in [6, 6.07) is 0. The Kier molecular flexibility index (Phi) is 4.54. The van der Waals surface area contributed by atoms with Gasteiger partial charge in [-0.1, -0.05) is 19.1 Å². The molecule has 0 saturated carbocycles. The molecule has 0 aliphatic carbocycles. The molecule has 0 aromatic carbocycles. The lowest BCUT2D eigenvalue weighted by atomic mass is 10.2. The van der Waals surface area contributed by atoms with Gasteiger partial charge in [0.05, 0.1) is 5.92 Å². The highest BCUT2D eigenvalue weighted by atomic mass is 16.4. The number of rotatable bonds is 5. The Morgan fingerprint density at radius 1 is 1.73 bits per heavy atom. The number of carbonyl (C=O) groups is 1. The number of nitrogens with one attached hydrogen (secondary N) is 1. The zero-order valence-corrected chi connectivity index (χ0v) is 7.05. The fourth-order valence-electron chi connectivity index (χ4n) is 0.589. The van der Waals surface area contributed by atoms with Crippen molar-refractivity contribution in [3.63, 3.8) is 0 Å². The van der Waals surface area contributed by atoms with Crippen LogP contribution in [0.1, 0.15) is 13.8 Å². The standard InChI is InChI=1S/C8H15NO2/c1-6(2)4-9-5-7(3)8(10)11/h7,9H,1,4-5H2,2-3H3,(H,10,11)/t7-/m0/s1. The van der Waals surface area contributed by atoms with Crippen LogP contribution >= 0.6 is 0 Å². The molecule has 0 saturated heterocycles. The van der Waals surface area contributed by atoms with E-state index in [9.17, 15) is 4.79 Å². The molecule has 3 nitrogen and oxygen atoms in total. The molecule has 0 bridgehead atoms. The SMILES string of the molecule is C=C(C)CNC[C@H](C)C(=O)O. The molecule has 0 aliphatic heterocycles. The lowest BCUT2D eigenvalue weighted by Crippen LogP contribution is -2.27. The minimum absolute atomic E-state index is 0.325. The van der Waals surface area contributed by atoms with Gasteiger partial charge in [-0.25, -0.2) is 0 Å². The molecule has 0 rings (SSSR count). The van der Waals surface area contributed by atoms with Crippen LogP contribution < -0.4 is 5.32 Å². The van der Waals surface area contributed by atoms with Crippen molar-refractivity contribution in [2.45, 2.75) is 13.8 Å². The highest BCUT2D eigenvalue weighted by molar-refractivity contribution is 5.69. The van der Waals surface area contributed by atoms with E-state index in [0.29, 0.717) is 13.1 Å². The van der Waals surface area contributed by atoms with E-state index in [1.807, 2.05) is 6.92 Å². The second-order valence-electron chi connectivity index (χ2n) is 2.83.